The van der Waals surface area contributed by atoms with E-state index in [4.69, 9.17) is 4.74 Å². The Morgan fingerprint density at radius 1 is 1.32 bits per heavy atom. The molecule has 0 N–H and O–H groups in total. The molecule has 0 amide bonds. The highest BCUT2D eigenvalue weighted by Gasteiger charge is 2.10. The van der Waals surface area contributed by atoms with Crippen LogP contribution in [0.15, 0.2) is 42.7 Å². The normalized spacial score (nSPS) is 10.7. The van der Waals surface area contributed by atoms with Crippen molar-refractivity contribution in [3.05, 3.63) is 48.3 Å². The molecule has 0 saturated heterocycles. The van der Waals surface area contributed by atoms with Crippen LogP contribution in [0.5, 0.6) is 0 Å². The molecule has 0 spiro atoms. The van der Waals surface area contributed by atoms with Crippen LogP contribution >= 0.6 is 0 Å². The molecule has 0 unspecified atom stereocenters. The third kappa shape index (κ3) is 3.68. The van der Waals surface area contributed by atoms with E-state index >= 15 is 0 Å². The Morgan fingerprint density at radius 2 is 2.05 bits per heavy atom. The predicted molar refractivity (Wildman–Crippen MR) is 73.3 cm³/mol. The number of para-hydroxylation sites is 1. The zero-order valence-corrected chi connectivity index (χ0v) is 11.2. The van der Waals surface area contributed by atoms with Crippen molar-refractivity contribution in [2.45, 2.75) is 20.3 Å². The molecule has 0 aliphatic rings. The molecule has 100 valence electrons. The molecule has 4 nitrogen and oxygen atoms in total. The molecule has 0 aliphatic heterocycles. The Balaban J connectivity index is 1.99. The number of ether oxygens (including phenoxy) is 1. The molecule has 19 heavy (non-hydrogen) atoms. The molecule has 0 atom stereocenters. The summed E-state index contributed by atoms with van der Waals surface area (Å²) in [6.45, 7) is 4.65. The highest BCUT2D eigenvalue weighted by Crippen LogP contribution is 2.09. The number of esters is 1. The van der Waals surface area contributed by atoms with Crippen molar-refractivity contribution in [3.8, 4) is 5.69 Å². The summed E-state index contributed by atoms with van der Waals surface area (Å²) in [7, 11) is 0. The van der Waals surface area contributed by atoms with Crippen LogP contribution in [0.2, 0.25) is 0 Å². The van der Waals surface area contributed by atoms with Gasteiger partial charge in [-0.05, 0) is 24.5 Å². The van der Waals surface area contributed by atoms with Gasteiger partial charge in [-0.2, -0.15) is 5.10 Å². The minimum atomic E-state index is -0.317. The minimum absolute atomic E-state index is 0.317. The van der Waals surface area contributed by atoms with Crippen molar-refractivity contribution in [2.75, 3.05) is 6.61 Å². The van der Waals surface area contributed by atoms with Crippen LogP contribution in [0.4, 0.5) is 0 Å². The van der Waals surface area contributed by atoms with E-state index in [0.717, 1.165) is 12.1 Å². The van der Waals surface area contributed by atoms with Gasteiger partial charge in [0.15, 0.2) is 0 Å². The van der Waals surface area contributed by atoms with Crippen molar-refractivity contribution in [2.24, 2.45) is 5.92 Å². The lowest BCUT2D eigenvalue weighted by Gasteiger charge is -2.05. The van der Waals surface area contributed by atoms with Gasteiger partial charge < -0.3 is 4.74 Å². The SMILES string of the molecule is CC(C)CCOC(=O)c1cnn(-c2ccccc2)c1. The van der Waals surface area contributed by atoms with Crippen LogP contribution in [-0.4, -0.2) is 22.4 Å². The fourth-order valence-corrected chi connectivity index (χ4v) is 1.62. The first-order chi connectivity index (χ1) is 9.16. The smallest absolute Gasteiger partial charge is 0.341 e. The lowest BCUT2D eigenvalue weighted by atomic mass is 10.1. The number of hydrogen-bond donors (Lipinski definition) is 0. The Morgan fingerprint density at radius 3 is 2.74 bits per heavy atom. The van der Waals surface area contributed by atoms with Gasteiger partial charge in [0, 0.05) is 6.20 Å². The molecule has 0 radical (unpaired) electrons. The number of carbonyl (C=O) groups is 1. The first-order valence-corrected chi connectivity index (χ1v) is 6.44. The van der Waals surface area contributed by atoms with Crippen molar-refractivity contribution < 1.29 is 9.53 Å². The average Bonchev–Trinajstić information content (AvgIpc) is 2.89. The molecular weight excluding hydrogens is 240 g/mol. The minimum Gasteiger partial charge on any atom is -0.462 e. The van der Waals surface area contributed by atoms with Crippen LogP contribution in [0.3, 0.4) is 0 Å². The monoisotopic (exact) mass is 258 g/mol. The second-order valence-corrected chi connectivity index (χ2v) is 4.83. The van der Waals surface area contributed by atoms with Gasteiger partial charge in [-0.25, -0.2) is 9.48 Å². The Bertz CT molecular complexity index is 532. The lowest BCUT2D eigenvalue weighted by Crippen LogP contribution is -2.07. The van der Waals surface area contributed by atoms with Crippen LogP contribution in [0.25, 0.3) is 5.69 Å². The quantitative estimate of drug-likeness (QED) is 0.774. The standard InChI is InChI=1S/C15H18N2O2/c1-12(2)8-9-19-15(18)13-10-16-17(11-13)14-6-4-3-5-7-14/h3-7,10-12H,8-9H2,1-2H3. The topological polar surface area (TPSA) is 44.1 Å². The number of nitrogens with zero attached hydrogens (tertiary/aromatic N) is 2. The van der Waals surface area contributed by atoms with E-state index in [-0.39, 0.29) is 5.97 Å². The number of aromatic nitrogens is 2. The zero-order valence-electron chi connectivity index (χ0n) is 11.2. The molecule has 1 aromatic heterocycles. The van der Waals surface area contributed by atoms with Crippen LogP contribution in [0.1, 0.15) is 30.6 Å². The van der Waals surface area contributed by atoms with Crippen molar-refractivity contribution in [1.29, 1.82) is 0 Å². The molecule has 0 bridgehead atoms. The summed E-state index contributed by atoms with van der Waals surface area (Å²) >= 11 is 0. The molecule has 1 aromatic carbocycles. The summed E-state index contributed by atoms with van der Waals surface area (Å²) in [6, 6.07) is 9.66. The van der Waals surface area contributed by atoms with Crippen LogP contribution < -0.4 is 0 Å². The molecule has 1 heterocycles. The summed E-state index contributed by atoms with van der Waals surface area (Å²) in [5.41, 5.74) is 1.40. The van der Waals surface area contributed by atoms with Crippen LogP contribution in [0, 0.1) is 5.92 Å². The first kappa shape index (κ1) is 13.3. The fraction of sp³-hybridized carbons (Fsp3) is 0.333. The van der Waals surface area contributed by atoms with E-state index in [2.05, 4.69) is 18.9 Å². The number of hydrogen-bond acceptors (Lipinski definition) is 3. The van der Waals surface area contributed by atoms with Gasteiger partial charge in [-0.1, -0.05) is 32.0 Å². The fourth-order valence-electron chi connectivity index (χ4n) is 1.62. The number of benzene rings is 1. The van der Waals surface area contributed by atoms with E-state index in [1.165, 1.54) is 6.20 Å². The summed E-state index contributed by atoms with van der Waals surface area (Å²) in [6.07, 6.45) is 4.09. The van der Waals surface area contributed by atoms with Crippen molar-refractivity contribution >= 4 is 5.97 Å². The van der Waals surface area contributed by atoms with Crippen LogP contribution in [-0.2, 0) is 4.74 Å². The lowest BCUT2D eigenvalue weighted by molar-refractivity contribution is 0.0488. The van der Waals surface area contributed by atoms with Crippen molar-refractivity contribution in [3.63, 3.8) is 0 Å². The van der Waals surface area contributed by atoms with Gasteiger partial charge >= 0.3 is 5.97 Å². The van der Waals surface area contributed by atoms with Gasteiger partial charge in [0.1, 0.15) is 0 Å². The van der Waals surface area contributed by atoms with E-state index in [1.807, 2.05) is 30.3 Å². The third-order valence-electron chi connectivity index (χ3n) is 2.77. The molecule has 2 rings (SSSR count). The highest BCUT2D eigenvalue weighted by molar-refractivity contribution is 5.88. The molecule has 0 fully saturated rings. The summed E-state index contributed by atoms with van der Waals surface area (Å²) < 4.78 is 6.86. The maximum Gasteiger partial charge on any atom is 0.341 e. The largest absolute Gasteiger partial charge is 0.462 e. The Labute approximate surface area is 113 Å². The Kier molecular flexibility index (Phi) is 4.34. The van der Waals surface area contributed by atoms with Gasteiger partial charge in [0.05, 0.1) is 24.1 Å². The van der Waals surface area contributed by atoms with Crippen molar-refractivity contribution in [1.82, 2.24) is 9.78 Å². The summed E-state index contributed by atoms with van der Waals surface area (Å²) in [5, 5.41) is 4.17. The van der Waals surface area contributed by atoms with Gasteiger partial charge in [0.25, 0.3) is 0 Å². The van der Waals surface area contributed by atoms with Gasteiger partial charge in [0.2, 0.25) is 0 Å². The molecule has 4 heteroatoms. The summed E-state index contributed by atoms with van der Waals surface area (Å²) in [5.74, 6) is 0.211. The second-order valence-electron chi connectivity index (χ2n) is 4.83. The maximum absolute atomic E-state index is 11.8. The molecule has 0 aliphatic carbocycles. The molecule has 2 aromatic rings. The first-order valence-electron chi connectivity index (χ1n) is 6.44. The molecule has 0 saturated carbocycles. The Hall–Kier alpha value is -2.10. The zero-order chi connectivity index (χ0) is 13.7. The van der Waals surface area contributed by atoms with E-state index in [9.17, 15) is 4.79 Å². The highest BCUT2D eigenvalue weighted by atomic mass is 16.5. The molecular formula is C15H18N2O2. The number of rotatable bonds is 5. The maximum atomic E-state index is 11.8. The van der Waals surface area contributed by atoms with E-state index in [0.29, 0.717) is 18.1 Å². The van der Waals surface area contributed by atoms with Gasteiger partial charge in [-0.3, -0.25) is 0 Å². The second kappa shape index (κ2) is 6.18. The summed E-state index contributed by atoms with van der Waals surface area (Å²) in [4.78, 5) is 11.8. The van der Waals surface area contributed by atoms with E-state index < -0.39 is 0 Å². The van der Waals surface area contributed by atoms with E-state index in [1.54, 1.807) is 10.9 Å². The number of carbonyl (C=O) groups excluding carboxylic acids is 1. The predicted octanol–water partition coefficient (Wildman–Crippen LogP) is 3.08. The van der Waals surface area contributed by atoms with Gasteiger partial charge in [-0.15, -0.1) is 0 Å². The third-order valence-corrected chi connectivity index (χ3v) is 2.77. The average molecular weight is 258 g/mol.